The number of methoxy groups -OCH3 is 1. The third kappa shape index (κ3) is 3.19. The highest BCUT2D eigenvalue weighted by atomic mass is 16.5. The molecular formula is C19H19N3O3. The zero-order valence-corrected chi connectivity index (χ0v) is 14.3. The number of nitrogens with one attached hydrogen (secondary N) is 2. The van der Waals surface area contributed by atoms with Gasteiger partial charge in [-0.2, -0.15) is 0 Å². The van der Waals surface area contributed by atoms with Crippen LogP contribution in [0.25, 0.3) is 10.9 Å². The van der Waals surface area contributed by atoms with Gasteiger partial charge in [0.25, 0.3) is 11.8 Å². The number of hydrogen-bond acceptors (Lipinski definition) is 3. The molecule has 2 aromatic carbocycles. The standard InChI is InChI=1S/C19H19N3O3/c1-12-8-9-13(10-17(12)25-3)18(23)20-21-19(24)15-11-22(2)16-7-5-4-6-14(15)16/h4-11H,1-3H3,(H,20,23)(H,21,24). The molecule has 0 unspecified atom stereocenters. The van der Waals surface area contributed by atoms with Gasteiger partial charge in [0.1, 0.15) is 5.75 Å². The maximum Gasteiger partial charge on any atom is 0.271 e. The van der Waals surface area contributed by atoms with Crippen LogP contribution in [0.5, 0.6) is 5.75 Å². The van der Waals surface area contributed by atoms with E-state index in [0.717, 1.165) is 16.5 Å². The van der Waals surface area contributed by atoms with E-state index in [0.29, 0.717) is 16.9 Å². The fourth-order valence-corrected chi connectivity index (χ4v) is 2.74. The number of nitrogens with zero attached hydrogens (tertiary/aromatic N) is 1. The van der Waals surface area contributed by atoms with Crippen LogP contribution in [0, 0.1) is 6.92 Å². The van der Waals surface area contributed by atoms with E-state index >= 15 is 0 Å². The van der Waals surface area contributed by atoms with Crippen LogP contribution in [0.3, 0.4) is 0 Å². The van der Waals surface area contributed by atoms with Gasteiger partial charge >= 0.3 is 0 Å². The Morgan fingerprint density at radius 1 is 1.04 bits per heavy atom. The zero-order chi connectivity index (χ0) is 18.0. The van der Waals surface area contributed by atoms with Gasteiger partial charge in [0, 0.05) is 29.7 Å². The summed E-state index contributed by atoms with van der Waals surface area (Å²) in [5.74, 6) is -0.163. The number of hydrazine groups is 1. The van der Waals surface area contributed by atoms with E-state index in [1.54, 1.807) is 31.5 Å². The van der Waals surface area contributed by atoms with Gasteiger partial charge < -0.3 is 9.30 Å². The predicted molar refractivity (Wildman–Crippen MR) is 95.6 cm³/mol. The van der Waals surface area contributed by atoms with Crippen LogP contribution in [0.4, 0.5) is 0 Å². The number of amides is 2. The maximum absolute atomic E-state index is 12.4. The first-order valence-corrected chi connectivity index (χ1v) is 7.80. The molecule has 1 aromatic heterocycles. The molecule has 6 nitrogen and oxygen atoms in total. The number of fused-ring (bicyclic) bond motifs is 1. The van der Waals surface area contributed by atoms with Gasteiger partial charge in [-0.3, -0.25) is 20.4 Å². The lowest BCUT2D eigenvalue weighted by Crippen LogP contribution is -2.41. The number of rotatable bonds is 3. The maximum atomic E-state index is 12.4. The van der Waals surface area contributed by atoms with Crippen LogP contribution in [0.15, 0.2) is 48.7 Å². The molecule has 128 valence electrons. The Labute approximate surface area is 145 Å². The Morgan fingerprint density at radius 3 is 2.52 bits per heavy atom. The Morgan fingerprint density at radius 2 is 1.76 bits per heavy atom. The number of carbonyl (C=O) groups excluding carboxylic acids is 2. The van der Waals surface area contributed by atoms with Gasteiger partial charge in [-0.25, -0.2) is 0 Å². The van der Waals surface area contributed by atoms with E-state index in [1.165, 1.54) is 0 Å². The predicted octanol–water partition coefficient (Wildman–Crippen LogP) is 2.57. The smallest absolute Gasteiger partial charge is 0.271 e. The summed E-state index contributed by atoms with van der Waals surface area (Å²) in [7, 11) is 3.42. The molecule has 1 heterocycles. The van der Waals surface area contributed by atoms with E-state index in [1.807, 2.05) is 42.8 Å². The summed E-state index contributed by atoms with van der Waals surface area (Å²) in [6, 6.07) is 12.7. The zero-order valence-electron chi connectivity index (χ0n) is 14.3. The van der Waals surface area contributed by atoms with Crippen LogP contribution in [0.1, 0.15) is 26.3 Å². The van der Waals surface area contributed by atoms with Gasteiger partial charge in [0.05, 0.1) is 12.7 Å². The summed E-state index contributed by atoms with van der Waals surface area (Å²) in [5.41, 5.74) is 7.68. The lowest BCUT2D eigenvalue weighted by molar-refractivity contribution is 0.0847. The van der Waals surface area contributed by atoms with Gasteiger partial charge in [-0.1, -0.05) is 24.3 Å². The molecule has 0 aliphatic carbocycles. The fraction of sp³-hybridized carbons (Fsp3) is 0.158. The van der Waals surface area contributed by atoms with Crippen LogP contribution in [0.2, 0.25) is 0 Å². The molecular weight excluding hydrogens is 318 g/mol. The summed E-state index contributed by atoms with van der Waals surface area (Å²) in [5, 5.41) is 0.828. The summed E-state index contributed by atoms with van der Waals surface area (Å²) in [6.45, 7) is 1.89. The first-order valence-electron chi connectivity index (χ1n) is 7.80. The lowest BCUT2D eigenvalue weighted by atomic mass is 10.1. The molecule has 0 spiro atoms. The molecule has 0 saturated carbocycles. The van der Waals surface area contributed by atoms with Crippen molar-refractivity contribution in [1.29, 1.82) is 0 Å². The average Bonchev–Trinajstić information content (AvgIpc) is 2.97. The van der Waals surface area contributed by atoms with E-state index < -0.39 is 5.91 Å². The number of ether oxygens (including phenoxy) is 1. The van der Waals surface area contributed by atoms with Crippen molar-refractivity contribution in [1.82, 2.24) is 15.4 Å². The SMILES string of the molecule is COc1cc(C(=O)NNC(=O)c2cn(C)c3ccccc23)ccc1C. The van der Waals surface area contributed by atoms with E-state index in [4.69, 9.17) is 4.74 Å². The first-order chi connectivity index (χ1) is 12.0. The molecule has 0 aliphatic heterocycles. The molecule has 0 aliphatic rings. The van der Waals surface area contributed by atoms with Crippen LogP contribution < -0.4 is 15.6 Å². The molecule has 0 saturated heterocycles. The minimum atomic E-state index is -0.410. The second-order valence-electron chi connectivity index (χ2n) is 5.76. The highest BCUT2D eigenvalue weighted by Crippen LogP contribution is 2.20. The minimum Gasteiger partial charge on any atom is -0.496 e. The van der Waals surface area contributed by atoms with E-state index in [-0.39, 0.29) is 5.91 Å². The van der Waals surface area contributed by atoms with Gasteiger partial charge in [-0.15, -0.1) is 0 Å². The lowest BCUT2D eigenvalue weighted by Gasteiger charge is -2.09. The van der Waals surface area contributed by atoms with Crippen molar-refractivity contribution in [3.05, 3.63) is 65.4 Å². The molecule has 25 heavy (non-hydrogen) atoms. The number of aryl methyl sites for hydroxylation is 2. The Bertz CT molecular complexity index is 960. The number of benzene rings is 2. The van der Waals surface area contributed by atoms with Gasteiger partial charge in [0.2, 0.25) is 0 Å². The molecule has 0 atom stereocenters. The molecule has 0 radical (unpaired) electrons. The highest BCUT2D eigenvalue weighted by Gasteiger charge is 2.15. The summed E-state index contributed by atoms with van der Waals surface area (Å²) < 4.78 is 7.08. The topological polar surface area (TPSA) is 72.4 Å². The van der Waals surface area contributed by atoms with E-state index in [9.17, 15) is 9.59 Å². The van der Waals surface area contributed by atoms with Crippen LogP contribution in [-0.2, 0) is 7.05 Å². The molecule has 3 rings (SSSR count). The number of carbonyl (C=O) groups is 2. The third-order valence-corrected chi connectivity index (χ3v) is 4.10. The molecule has 3 aromatic rings. The van der Waals surface area contributed by atoms with Gasteiger partial charge in [0.15, 0.2) is 0 Å². The largest absolute Gasteiger partial charge is 0.496 e. The quantitative estimate of drug-likeness (QED) is 0.722. The first kappa shape index (κ1) is 16.6. The minimum absolute atomic E-state index is 0.371. The molecule has 2 amide bonds. The monoisotopic (exact) mass is 337 g/mol. The Kier molecular flexibility index (Phi) is 4.43. The second-order valence-corrected chi connectivity index (χ2v) is 5.76. The summed E-state index contributed by atoms with van der Waals surface area (Å²) in [6.07, 6.45) is 1.74. The summed E-state index contributed by atoms with van der Waals surface area (Å²) in [4.78, 5) is 24.7. The normalized spacial score (nSPS) is 10.5. The Balaban J connectivity index is 1.74. The second kappa shape index (κ2) is 6.68. The van der Waals surface area contributed by atoms with Crippen molar-refractivity contribution in [2.75, 3.05) is 7.11 Å². The number of hydrogen-bond donors (Lipinski definition) is 2. The van der Waals surface area contributed by atoms with Crippen molar-refractivity contribution >= 4 is 22.7 Å². The summed E-state index contributed by atoms with van der Waals surface area (Å²) >= 11 is 0. The van der Waals surface area contributed by atoms with Crippen molar-refractivity contribution in [3.63, 3.8) is 0 Å². The fourth-order valence-electron chi connectivity index (χ4n) is 2.74. The third-order valence-electron chi connectivity index (χ3n) is 4.10. The number of aromatic nitrogens is 1. The molecule has 0 fully saturated rings. The van der Waals surface area contributed by atoms with Gasteiger partial charge in [-0.05, 0) is 30.7 Å². The molecule has 6 heteroatoms. The molecule has 2 N–H and O–H groups in total. The highest BCUT2D eigenvalue weighted by molar-refractivity contribution is 6.08. The average molecular weight is 337 g/mol. The number of para-hydroxylation sites is 1. The van der Waals surface area contributed by atoms with Crippen LogP contribution in [-0.4, -0.2) is 23.5 Å². The van der Waals surface area contributed by atoms with Crippen molar-refractivity contribution in [3.8, 4) is 5.75 Å². The molecule has 0 bridgehead atoms. The van der Waals surface area contributed by atoms with Crippen molar-refractivity contribution in [2.24, 2.45) is 7.05 Å². The van der Waals surface area contributed by atoms with Crippen molar-refractivity contribution in [2.45, 2.75) is 6.92 Å². The van der Waals surface area contributed by atoms with Crippen molar-refractivity contribution < 1.29 is 14.3 Å². The van der Waals surface area contributed by atoms with Crippen LogP contribution >= 0.6 is 0 Å². The Hall–Kier alpha value is -3.28. The van der Waals surface area contributed by atoms with E-state index in [2.05, 4.69) is 10.9 Å².